The van der Waals surface area contributed by atoms with Gasteiger partial charge in [-0.3, -0.25) is 5.10 Å². The van der Waals surface area contributed by atoms with Gasteiger partial charge in [0.1, 0.15) is 0 Å². The van der Waals surface area contributed by atoms with Gasteiger partial charge in [-0.25, -0.2) is 0 Å². The van der Waals surface area contributed by atoms with Crippen molar-refractivity contribution in [3.8, 4) is 0 Å². The zero-order chi connectivity index (χ0) is 11.7. The highest BCUT2D eigenvalue weighted by Gasteiger charge is 2.35. The topological polar surface area (TPSA) is 40.7 Å². The molecule has 0 fully saturated rings. The highest BCUT2D eigenvalue weighted by molar-refractivity contribution is 5.32. The summed E-state index contributed by atoms with van der Waals surface area (Å²) in [5, 5.41) is 10.8. The van der Waals surface area contributed by atoms with Crippen LogP contribution in [0.15, 0.2) is 36.5 Å². The van der Waals surface area contributed by atoms with Crippen LogP contribution in [-0.2, 0) is 18.4 Å². The fourth-order valence-electron chi connectivity index (χ4n) is 2.82. The predicted octanol–water partition coefficient (Wildman–Crippen LogP) is 2.01. The molecule has 1 unspecified atom stereocenters. The molecule has 3 heteroatoms. The quantitative estimate of drug-likeness (QED) is 0.824. The summed E-state index contributed by atoms with van der Waals surface area (Å²) < 4.78 is 0. The number of H-pyrrole nitrogens is 1. The third-order valence-corrected chi connectivity index (χ3v) is 3.91. The van der Waals surface area contributed by atoms with Gasteiger partial charge in [0.15, 0.2) is 0 Å². The third kappa shape index (κ3) is 1.67. The molecule has 3 nitrogen and oxygen atoms in total. The first-order valence-electron chi connectivity index (χ1n) is 6.10. The van der Waals surface area contributed by atoms with E-state index in [1.54, 1.807) is 0 Å². The molecule has 88 valence electrons. The van der Waals surface area contributed by atoms with E-state index < -0.39 is 0 Å². The molecule has 1 aromatic carbocycles. The van der Waals surface area contributed by atoms with Gasteiger partial charge in [-0.2, -0.15) is 5.10 Å². The second kappa shape index (κ2) is 4.00. The number of aryl methyl sites for hydroxylation is 1. The third-order valence-electron chi connectivity index (χ3n) is 3.91. The summed E-state index contributed by atoms with van der Waals surface area (Å²) >= 11 is 0. The van der Waals surface area contributed by atoms with Gasteiger partial charge in [-0.05, 0) is 37.4 Å². The molecular weight excluding hydrogens is 210 g/mol. The Morgan fingerprint density at radius 2 is 2.12 bits per heavy atom. The highest BCUT2D eigenvalue weighted by Crippen LogP contribution is 2.35. The zero-order valence-electron chi connectivity index (χ0n) is 10.0. The minimum atomic E-state index is 0.0676. The number of hydrogen-bond donors (Lipinski definition) is 2. The first-order valence-corrected chi connectivity index (χ1v) is 6.10. The first kappa shape index (κ1) is 10.5. The van der Waals surface area contributed by atoms with Crippen molar-refractivity contribution in [1.29, 1.82) is 0 Å². The number of fused-ring (bicyclic) bond motifs is 1. The second-order valence-electron chi connectivity index (χ2n) is 4.75. The average Bonchev–Trinajstić information content (AvgIpc) is 2.86. The number of benzene rings is 1. The van der Waals surface area contributed by atoms with Crippen LogP contribution in [0.4, 0.5) is 0 Å². The van der Waals surface area contributed by atoms with Crippen molar-refractivity contribution in [3.05, 3.63) is 53.3 Å². The van der Waals surface area contributed by atoms with Gasteiger partial charge in [-0.15, -0.1) is 0 Å². The number of nitrogens with one attached hydrogen (secondary N) is 2. The molecule has 3 rings (SSSR count). The highest BCUT2D eigenvalue weighted by atomic mass is 15.1. The zero-order valence-corrected chi connectivity index (χ0v) is 10.0. The van der Waals surface area contributed by atoms with Crippen LogP contribution in [0, 0.1) is 0 Å². The normalized spacial score (nSPS) is 23.4. The van der Waals surface area contributed by atoms with Gasteiger partial charge >= 0.3 is 0 Å². The standard InChI is InChI=1S/C14H17N3/c1-15-14(12-5-3-2-4-6-12)8-7-13-11(9-14)10-16-17-13/h2-6,10,15H,7-9H2,1H3,(H,16,17). The lowest BCUT2D eigenvalue weighted by Crippen LogP contribution is -2.44. The smallest absolute Gasteiger partial charge is 0.0522 e. The molecule has 0 spiro atoms. The largest absolute Gasteiger partial charge is 0.310 e. The summed E-state index contributed by atoms with van der Waals surface area (Å²) in [7, 11) is 2.05. The number of nitrogens with zero attached hydrogens (tertiary/aromatic N) is 1. The number of aromatic amines is 1. The van der Waals surface area contributed by atoms with Crippen LogP contribution in [0.3, 0.4) is 0 Å². The summed E-state index contributed by atoms with van der Waals surface area (Å²) in [6.45, 7) is 0. The number of hydrogen-bond acceptors (Lipinski definition) is 2. The van der Waals surface area contributed by atoms with Gasteiger partial charge < -0.3 is 5.32 Å². The van der Waals surface area contributed by atoms with Crippen LogP contribution in [0.5, 0.6) is 0 Å². The number of rotatable bonds is 2. The maximum absolute atomic E-state index is 4.14. The second-order valence-corrected chi connectivity index (χ2v) is 4.75. The van der Waals surface area contributed by atoms with Crippen LogP contribution in [0.1, 0.15) is 23.2 Å². The monoisotopic (exact) mass is 227 g/mol. The molecule has 0 bridgehead atoms. The van der Waals surface area contributed by atoms with Gasteiger partial charge in [-0.1, -0.05) is 30.3 Å². The molecule has 0 radical (unpaired) electrons. The van der Waals surface area contributed by atoms with Gasteiger partial charge in [0.05, 0.1) is 6.20 Å². The van der Waals surface area contributed by atoms with Crippen molar-refractivity contribution in [2.75, 3.05) is 7.05 Å². The Bertz CT molecular complexity index is 503. The van der Waals surface area contributed by atoms with E-state index in [-0.39, 0.29) is 5.54 Å². The van der Waals surface area contributed by atoms with Crippen molar-refractivity contribution in [2.45, 2.75) is 24.8 Å². The van der Waals surface area contributed by atoms with E-state index in [0.29, 0.717) is 0 Å². The molecule has 17 heavy (non-hydrogen) atoms. The summed E-state index contributed by atoms with van der Waals surface area (Å²) in [5.41, 5.74) is 4.08. The minimum Gasteiger partial charge on any atom is -0.310 e. The van der Waals surface area contributed by atoms with E-state index in [1.807, 2.05) is 6.20 Å². The van der Waals surface area contributed by atoms with Gasteiger partial charge in [0.25, 0.3) is 0 Å². The average molecular weight is 227 g/mol. The Kier molecular flexibility index (Phi) is 2.48. The molecule has 1 aliphatic carbocycles. The first-order chi connectivity index (χ1) is 8.34. The molecule has 2 aromatic rings. The van der Waals surface area contributed by atoms with Crippen molar-refractivity contribution in [1.82, 2.24) is 15.5 Å². The Morgan fingerprint density at radius 3 is 2.88 bits per heavy atom. The molecule has 0 saturated carbocycles. The van der Waals surface area contributed by atoms with E-state index in [1.165, 1.54) is 16.8 Å². The van der Waals surface area contributed by atoms with E-state index in [0.717, 1.165) is 19.3 Å². The molecule has 1 heterocycles. The summed E-state index contributed by atoms with van der Waals surface area (Å²) in [6, 6.07) is 10.7. The SMILES string of the molecule is CNC1(c2ccccc2)CCc2[nH]ncc2C1. The van der Waals surface area contributed by atoms with Crippen LogP contribution in [-0.4, -0.2) is 17.2 Å². The Labute approximate surface area is 101 Å². The number of aromatic nitrogens is 2. The van der Waals surface area contributed by atoms with E-state index in [9.17, 15) is 0 Å². The van der Waals surface area contributed by atoms with E-state index >= 15 is 0 Å². The van der Waals surface area contributed by atoms with Gasteiger partial charge in [0.2, 0.25) is 0 Å². The number of likely N-dealkylation sites (N-methyl/N-ethyl adjacent to an activating group) is 1. The fraction of sp³-hybridized carbons (Fsp3) is 0.357. The van der Waals surface area contributed by atoms with Crippen LogP contribution in [0.2, 0.25) is 0 Å². The van der Waals surface area contributed by atoms with Crippen molar-refractivity contribution < 1.29 is 0 Å². The molecule has 0 amide bonds. The lowest BCUT2D eigenvalue weighted by Gasteiger charge is -2.37. The summed E-state index contributed by atoms with van der Waals surface area (Å²) in [6.07, 6.45) is 5.15. The molecule has 1 aromatic heterocycles. The molecule has 2 N–H and O–H groups in total. The molecule has 1 atom stereocenters. The summed E-state index contributed by atoms with van der Waals surface area (Å²) in [5.74, 6) is 0. The van der Waals surface area contributed by atoms with Crippen LogP contribution >= 0.6 is 0 Å². The van der Waals surface area contributed by atoms with E-state index in [4.69, 9.17) is 0 Å². The Hall–Kier alpha value is -1.61. The van der Waals surface area contributed by atoms with Gasteiger partial charge in [0, 0.05) is 11.2 Å². The molecule has 1 aliphatic rings. The maximum Gasteiger partial charge on any atom is 0.0522 e. The fourth-order valence-corrected chi connectivity index (χ4v) is 2.82. The minimum absolute atomic E-state index is 0.0676. The van der Waals surface area contributed by atoms with E-state index in [2.05, 4.69) is 52.9 Å². The molecule has 0 aliphatic heterocycles. The maximum atomic E-state index is 4.14. The van der Waals surface area contributed by atoms with Crippen molar-refractivity contribution in [3.63, 3.8) is 0 Å². The molecular formula is C14H17N3. The summed E-state index contributed by atoms with van der Waals surface area (Å²) in [4.78, 5) is 0. The Balaban J connectivity index is 2.01. The van der Waals surface area contributed by atoms with Crippen molar-refractivity contribution in [2.24, 2.45) is 0 Å². The van der Waals surface area contributed by atoms with Crippen LogP contribution < -0.4 is 5.32 Å². The molecule has 0 saturated heterocycles. The van der Waals surface area contributed by atoms with Crippen molar-refractivity contribution >= 4 is 0 Å². The lowest BCUT2D eigenvalue weighted by atomic mass is 9.76. The van der Waals surface area contributed by atoms with Crippen LogP contribution in [0.25, 0.3) is 0 Å². The lowest BCUT2D eigenvalue weighted by molar-refractivity contribution is 0.313. The Morgan fingerprint density at radius 1 is 1.29 bits per heavy atom. The predicted molar refractivity (Wildman–Crippen MR) is 67.8 cm³/mol.